The molecule has 0 saturated heterocycles. The molecule has 76 valence electrons. The van der Waals surface area contributed by atoms with Gasteiger partial charge in [0.05, 0.1) is 4.47 Å². The molecule has 1 aromatic rings. The Morgan fingerprint density at radius 3 is 2.79 bits per heavy atom. The third-order valence-corrected chi connectivity index (χ3v) is 2.40. The first-order valence-corrected chi connectivity index (χ1v) is 5.02. The summed E-state index contributed by atoms with van der Waals surface area (Å²) in [6, 6.07) is 4.90. The summed E-state index contributed by atoms with van der Waals surface area (Å²) in [7, 11) is 0. The van der Waals surface area contributed by atoms with Gasteiger partial charge in [-0.15, -0.1) is 0 Å². The maximum atomic E-state index is 10.5. The van der Waals surface area contributed by atoms with Gasteiger partial charge < -0.3 is 9.84 Å². The molecule has 0 aliphatic carbocycles. The molecule has 1 N–H and O–H groups in total. The summed E-state index contributed by atoms with van der Waals surface area (Å²) >= 11 is 8.94. The summed E-state index contributed by atoms with van der Waals surface area (Å²) in [5, 5.41) is 9.18. The van der Waals surface area contributed by atoms with Crippen molar-refractivity contribution in [2.24, 2.45) is 0 Å². The van der Waals surface area contributed by atoms with Gasteiger partial charge in [0.2, 0.25) is 0 Å². The average Bonchev–Trinajstić information content (AvgIpc) is 2.09. The summed E-state index contributed by atoms with van der Waals surface area (Å²) in [4.78, 5) is 10.5. The molecule has 1 rings (SSSR count). The number of hydrogen-bond donors (Lipinski definition) is 1. The van der Waals surface area contributed by atoms with E-state index in [0.717, 1.165) is 0 Å². The highest BCUT2D eigenvalue weighted by molar-refractivity contribution is 9.10. The molecule has 0 amide bonds. The monoisotopic (exact) mass is 278 g/mol. The van der Waals surface area contributed by atoms with Gasteiger partial charge in [0.25, 0.3) is 0 Å². The maximum Gasteiger partial charge on any atom is 0.344 e. The van der Waals surface area contributed by atoms with E-state index in [0.29, 0.717) is 15.2 Å². The topological polar surface area (TPSA) is 46.5 Å². The minimum atomic E-state index is -1.01. The minimum absolute atomic E-state index is 0.462. The van der Waals surface area contributed by atoms with Crippen molar-refractivity contribution < 1.29 is 14.6 Å². The van der Waals surface area contributed by atoms with E-state index in [-0.39, 0.29) is 0 Å². The quantitative estimate of drug-likeness (QED) is 0.925. The summed E-state index contributed by atoms with van der Waals surface area (Å²) in [6.07, 6.45) is -0.882. The lowest BCUT2D eigenvalue weighted by Gasteiger charge is -2.11. The lowest BCUT2D eigenvalue weighted by atomic mass is 10.3. The van der Waals surface area contributed by atoms with Gasteiger partial charge >= 0.3 is 5.97 Å². The van der Waals surface area contributed by atoms with Crippen LogP contribution in [0.25, 0.3) is 0 Å². The van der Waals surface area contributed by atoms with Crippen LogP contribution in [0, 0.1) is 0 Å². The fraction of sp³-hybridized carbons (Fsp3) is 0.222. The van der Waals surface area contributed by atoms with Gasteiger partial charge in [-0.1, -0.05) is 11.6 Å². The second kappa shape index (κ2) is 4.66. The van der Waals surface area contributed by atoms with E-state index in [1.165, 1.54) is 6.92 Å². The molecule has 0 bridgehead atoms. The van der Waals surface area contributed by atoms with E-state index in [1.54, 1.807) is 18.2 Å². The number of benzene rings is 1. The van der Waals surface area contributed by atoms with Crippen LogP contribution in [0.5, 0.6) is 5.75 Å². The first-order valence-electron chi connectivity index (χ1n) is 3.85. The van der Waals surface area contributed by atoms with Crippen LogP contribution in [0.1, 0.15) is 6.92 Å². The minimum Gasteiger partial charge on any atom is -0.479 e. The van der Waals surface area contributed by atoms with E-state index >= 15 is 0 Å². The highest BCUT2D eigenvalue weighted by Gasteiger charge is 2.13. The normalized spacial score (nSPS) is 12.2. The molecule has 0 fully saturated rings. The lowest BCUT2D eigenvalue weighted by molar-refractivity contribution is -0.144. The van der Waals surface area contributed by atoms with Gasteiger partial charge in [-0.2, -0.15) is 0 Å². The fourth-order valence-corrected chi connectivity index (χ4v) is 1.59. The number of carboxylic acid groups (broad SMARTS) is 1. The van der Waals surface area contributed by atoms with Crippen molar-refractivity contribution in [2.45, 2.75) is 13.0 Å². The van der Waals surface area contributed by atoms with E-state index in [9.17, 15) is 4.79 Å². The number of aliphatic carboxylic acids is 1. The second-order valence-electron chi connectivity index (χ2n) is 2.67. The van der Waals surface area contributed by atoms with Crippen molar-refractivity contribution in [3.8, 4) is 5.75 Å². The van der Waals surface area contributed by atoms with Crippen LogP contribution in [0.3, 0.4) is 0 Å². The molecule has 0 spiro atoms. The van der Waals surface area contributed by atoms with Gasteiger partial charge in [-0.3, -0.25) is 0 Å². The molecule has 0 heterocycles. The molecule has 1 aromatic carbocycles. The SMILES string of the molecule is C[C@@H](Oc1ccc(Cl)cc1Br)C(=O)O. The smallest absolute Gasteiger partial charge is 0.344 e. The van der Waals surface area contributed by atoms with Gasteiger partial charge in [0.1, 0.15) is 5.75 Å². The number of ether oxygens (including phenoxy) is 1. The second-order valence-corrected chi connectivity index (χ2v) is 3.96. The van der Waals surface area contributed by atoms with E-state index in [2.05, 4.69) is 15.9 Å². The van der Waals surface area contributed by atoms with Crippen molar-refractivity contribution >= 4 is 33.5 Å². The van der Waals surface area contributed by atoms with E-state index in [1.807, 2.05) is 0 Å². The summed E-state index contributed by atoms with van der Waals surface area (Å²) in [5.74, 6) is -0.545. The van der Waals surface area contributed by atoms with Crippen LogP contribution in [0.15, 0.2) is 22.7 Å². The maximum absolute atomic E-state index is 10.5. The first-order chi connectivity index (χ1) is 6.50. The van der Waals surface area contributed by atoms with Crippen LogP contribution in [-0.2, 0) is 4.79 Å². The average molecular weight is 280 g/mol. The molecule has 0 aliphatic rings. The molecule has 1 atom stereocenters. The van der Waals surface area contributed by atoms with Crippen molar-refractivity contribution in [3.05, 3.63) is 27.7 Å². The summed E-state index contributed by atoms with van der Waals surface area (Å²) in [5.41, 5.74) is 0. The fourth-order valence-electron chi connectivity index (χ4n) is 0.812. The highest BCUT2D eigenvalue weighted by Crippen LogP contribution is 2.28. The number of carboxylic acids is 1. The third kappa shape index (κ3) is 2.89. The van der Waals surface area contributed by atoms with Crippen molar-refractivity contribution in [3.63, 3.8) is 0 Å². The molecule has 0 aliphatic heterocycles. The van der Waals surface area contributed by atoms with Crippen LogP contribution in [-0.4, -0.2) is 17.2 Å². The molecular formula is C9H8BrClO3. The molecule has 0 radical (unpaired) electrons. The Kier molecular flexibility index (Phi) is 3.77. The summed E-state index contributed by atoms with van der Waals surface area (Å²) < 4.78 is 5.79. The zero-order valence-corrected chi connectivity index (χ0v) is 9.67. The zero-order chi connectivity index (χ0) is 10.7. The highest BCUT2D eigenvalue weighted by atomic mass is 79.9. The molecule has 14 heavy (non-hydrogen) atoms. The van der Waals surface area contributed by atoms with Gasteiger partial charge in [0.15, 0.2) is 6.10 Å². The Balaban J connectivity index is 2.82. The molecule has 3 nitrogen and oxygen atoms in total. The van der Waals surface area contributed by atoms with Crippen LogP contribution in [0.4, 0.5) is 0 Å². The molecular weight excluding hydrogens is 271 g/mol. The van der Waals surface area contributed by atoms with Crippen molar-refractivity contribution in [2.75, 3.05) is 0 Å². The van der Waals surface area contributed by atoms with E-state index < -0.39 is 12.1 Å². The molecule has 0 aromatic heterocycles. The largest absolute Gasteiger partial charge is 0.479 e. The van der Waals surface area contributed by atoms with Gasteiger partial charge in [-0.25, -0.2) is 4.79 Å². The Bertz CT molecular complexity index is 354. The number of rotatable bonds is 3. The Morgan fingerprint density at radius 2 is 2.29 bits per heavy atom. The first kappa shape index (κ1) is 11.3. The Hall–Kier alpha value is -0.740. The number of carbonyl (C=O) groups is 1. The lowest BCUT2D eigenvalue weighted by Crippen LogP contribution is -2.22. The standard InChI is InChI=1S/C9H8BrClO3/c1-5(9(12)13)14-8-3-2-6(11)4-7(8)10/h2-5H,1H3,(H,12,13)/t5-/m1/s1. The third-order valence-electron chi connectivity index (χ3n) is 1.55. The predicted molar refractivity (Wildman–Crippen MR) is 56.9 cm³/mol. The predicted octanol–water partition coefficient (Wildman–Crippen LogP) is 2.95. The molecule has 0 unspecified atom stereocenters. The van der Waals surface area contributed by atoms with Crippen LogP contribution in [0.2, 0.25) is 5.02 Å². The number of hydrogen-bond acceptors (Lipinski definition) is 2. The van der Waals surface area contributed by atoms with Crippen molar-refractivity contribution in [1.29, 1.82) is 0 Å². The Morgan fingerprint density at radius 1 is 1.64 bits per heavy atom. The molecule has 5 heteroatoms. The van der Waals surface area contributed by atoms with Gasteiger partial charge in [0, 0.05) is 5.02 Å². The Labute approximate surface area is 94.8 Å². The summed E-state index contributed by atoms with van der Waals surface area (Å²) in [6.45, 7) is 1.46. The van der Waals surface area contributed by atoms with Crippen LogP contribution < -0.4 is 4.74 Å². The van der Waals surface area contributed by atoms with Crippen molar-refractivity contribution in [1.82, 2.24) is 0 Å². The molecule has 0 saturated carbocycles. The van der Waals surface area contributed by atoms with Crippen LogP contribution >= 0.6 is 27.5 Å². The number of halogens is 2. The zero-order valence-electron chi connectivity index (χ0n) is 7.33. The van der Waals surface area contributed by atoms with Gasteiger partial charge in [-0.05, 0) is 41.1 Å². The van der Waals surface area contributed by atoms with E-state index in [4.69, 9.17) is 21.4 Å².